The SMILES string of the molecule is COC(=O)[C@@H]1C(=O)NC(SCC(=O)Nc2cccc(C(C)=O)c2)=C(C#N)[C@H]1c1ccc(Cl)cc1. The fraction of sp³-hybridized carbons (Fsp3) is 0.208. The van der Waals surface area contributed by atoms with Gasteiger partial charge in [0.05, 0.1) is 29.5 Å². The van der Waals surface area contributed by atoms with Crippen LogP contribution in [0.2, 0.25) is 5.02 Å². The lowest BCUT2D eigenvalue weighted by Gasteiger charge is -2.30. The van der Waals surface area contributed by atoms with Gasteiger partial charge in [0.15, 0.2) is 5.78 Å². The molecule has 1 aliphatic rings. The Labute approximate surface area is 205 Å². The summed E-state index contributed by atoms with van der Waals surface area (Å²) in [5.74, 6) is -4.24. The molecule has 0 radical (unpaired) electrons. The highest BCUT2D eigenvalue weighted by molar-refractivity contribution is 8.03. The van der Waals surface area contributed by atoms with Crippen LogP contribution in [-0.2, 0) is 19.1 Å². The van der Waals surface area contributed by atoms with Gasteiger partial charge in [-0.05, 0) is 36.8 Å². The molecule has 0 spiro atoms. The monoisotopic (exact) mass is 497 g/mol. The molecule has 0 saturated carbocycles. The average molecular weight is 498 g/mol. The topological polar surface area (TPSA) is 125 Å². The van der Waals surface area contributed by atoms with Crippen LogP contribution in [-0.4, -0.2) is 36.4 Å². The van der Waals surface area contributed by atoms with Gasteiger partial charge >= 0.3 is 5.97 Å². The zero-order valence-corrected chi connectivity index (χ0v) is 19.8. The summed E-state index contributed by atoms with van der Waals surface area (Å²) >= 11 is 6.93. The van der Waals surface area contributed by atoms with Crippen molar-refractivity contribution in [2.75, 3.05) is 18.2 Å². The first-order valence-electron chi connectivity index (χ1n) is 10.1. The second kappa shape index (κ2) is 11.0. The summed E-state index contributed by atoms with van der Waals surface area (Å²) in [4.78, 5) is 49.3. The number of nitriles is 1. The lowest BCUT2D eigenvalue weighted by atomic mass is 9.78. The minimum atomic E-state index is -1.27. The number of amides is 2. The van der Waals surface area contributed by atoms with E-state index >= 15 is 0 Å². The third-order valence-corrected chi connectivity index (χ3v) is 6.38. The van der Waals surface area contributed by atoms with E-state index in [4.69, 9.17) is 16.3 Å². The van der Waals surface area contributed by atoms with Crippen molar-refractivity contribution in [2.24, 2.45) is 5.92 Å². The number of rotatable bonds is 7. The predicted molar refractivity (Wildman–Crippen MR) is 128 cm³/mol. The Kier molecular flexibility index (Phi) is 8.10. The zero-order valence-electron chi connectivity index (χ0n) is 18.3. The molecular formula is C24H20ClN3O5S. The van der Waals surface area contributed by atoms with Crippen molar-refractivity contribution in [3.63, 3.8) is 0 Å². The second-order valence-electron chi connectivity index (χ2n) is 7.35. The number of carbonyl (C=O) groups is 4. The van der Waals surface area contributed by atoms with E-state index in [1.807, 2.05) is 0 Å². The van der Waals surface area contributed by atoms with Crippen LogP contribution in [0.15, 0.2) is 59.1 Å². The number of ether oxygens (including phenoxy) is 1. The number of hydrogen-bond acceptors (Lipinski definition) is 7. The van der Waals surface area contributed by atoms with Crippen LogP contribution < -0.4 is 10.6 Å². The molecule has 2 aromatic carbocycles. The van der Waals surface area contributed by atoms with E-state index in [1.54, 1.807) is 48.5 Å². The van der Waals surface area contributed by atoms with E-state index in [1.165, 1.54) is 14.0 Å². The molecule has 3 rings (SSSR count). The number of halogens is 1. The van der Waals surface area contributed by atoms with Gasteiger partial charge in [-0.1, -0.05) is 47.6 Å². The lowest BCUT2D eigenvalue weighted by Crippen LogP contribution is -2.44. The van der Waals surface area contributed by atoms with E-state index in [0.29, 0.717) is 21.8 Å². The van der Waals surface area contributed by atoms with Gasteiger partial charge in [0.25, 0.3) is 0 Å². The molecule has 0 aromatic heterocycles. The predicted octanol–water partition coefficient (Wildman–Crippen LogP) is 3.65. The molecular weight excluding hydrogens is 478 g/mol. The summed E-state index contributed by atoms with van der Waals surface area (Å²) in [6.45, 7) is 1.43. The van der Waals surface area contributed by atoms with Gasteiger partial charge in [0, 0.05) is 22.2 Å². The summed E-state index contributed by atoms with van der Waals surface area (Å²) in [7, 11) is 1.17. The molecule has 0 aliphatic carbocycles. The summed E-state index contributed by atoms with van der Waals surface area (Å²) in [5, 5.41) is 15.8. The second-order valence-corrected chi connectivity index (χ2v) is 8.77. The highest BCUT2D eigenvalue weighted by Crippen LogP contribution is 2.40. The molecule has 2 N–H and O–H groups in total. The number of hydrogen-bond donors (Lipinski definition) is 2. The average Bonchev–Trinajstić information content (AvgIpc) is 2.82. The third-order valence-electron chi connectivity index (χ3n) is 5.11. The van der Waals surface area contributed by atoms with Crippen LogP contribution in [0, 0.1) is 17.2 Å². The molecule has 174 valence electrons. The van der Waals surface area contributed by atoms with Crippen molar-refractivity contribution >= 4 is 52.6 Å². The summed E-state index contributed by atoms with van der Waals surface area (Å²) in [6.07, 6.45) is 0. The normalized spacial score (nSPS) is 17.4. The van der Waals surface area contributed by atoms with Crippen molar-refractivity contribution in [1.29, 1.82) is 5.26 Å². The Hall–Kier alpha value is -3.61. The first-order chi connectivity index (χ1) is 16.2. The van der Waals surface area contributed by atoms with Crippen molar-refractivity contribution in [2.45, 2.75) is 12.8 Å². The Morgan fingerprint density at radius 1 is 1.21 bits per heavy atom. The fourth-order valence-electron chi connectivity index (χ4n) is 3.50. The van der Waals surface area contributed by atoms with Gasteiger partial charge in [-0.3, -0.25) is 19.2 Å². The first kappa shape index (κ1) is 25.0. The minimum absolute atomic E-state index is 0.124. The number of Topliss-reactive ketones (excluding diaryl/α,β-unsaturated/α-hetero) is 1. The minimum Gasteiger partial charge on any atom is -0.468 e. The van der Waals surface area contributed by atoms with Gasteiger partial charge in [-0.2, -0.15) is 5.26 Å². The molecule has 1 aliphatic heterocycles. The van der Waals surface area contributed by atoms with Crippen LogP contribution in [0.3, 0.4) is 0 Å². The zero-order chi connectivity index (χ0) is 24.8. The third kappa shape index (κ3) is 5.65. The van der Waals surface area contributed by atoms with E-state index in [9.17, 15) is 24.4 Å². The van der Waals surface area contributed by atoms with Gasteiger partial charge in [0.2, 0.25) is 11.8 Å². The molecule has 0 fully saturated rings. The fourth-order valence-corrected chi connectivity index (χ4v) is 4.47. The van der Waals surface area contributed by atoms with Crippen LogP contribution >= 0.6 is 23.4 Å². The molecule has 0 unspecified atom stereocenters. The number of allylic oxidation sites excluding steroid dienone is 1. The first-order valence-corrected chi connectivity index (χ1v) is 11.4. The Balaban J connectivity index is 1.86. The van der Waals surface area contributed by atoms with Crippen LogP contribution in [0.5, 0.6) is 0 Å². The lowest BCUT2D eigenvalue weighted by molar-refractivity contribution is -0.150. The highest BCUT2D eigenvalue weighted by Gasteiger charge is 2.44. The van der Waals surface area contributed by atoms with Gasteiger partial charge in [-0.25, -0.2) is 0 Å². The summed E-state index contributed by atoms with van der Waals surface area (Å²) in [5.41, 5.74) is 1.58. The Bertz CT molecular complexity index is 1220. The number of carbonyl (C=O) groups excluding carboxylic acids is 4. The van der Waals surface area contributed by atoms with Crippen molar-refractivity contribution in [3.8, 4) is 6.07 Å². The number of esters is 1. The molecule has 2 atom stereocenters. The number of benzene rings is 2. The summed E-state index contributed by atoms with van der Waals surface area (Å²) < 4.78 is 4.80. The van der Waals surface area contributed by atoms with Crippen LogP contribution in [0.25, 0.3) is 0 Å². The number of methoxy groups -OCH3 is 1. The maximum absolute atomic E-state index is 12.8. The van der Waals surface area contributed by atoms with Crippen LogP contribution in [0.4, 0.5) is 5.69 Å². The Morgan fingerprint density at radius 3 is 2.53 bits per heavy atom. The Morgan fingerprint density at radius 2 is 1.91 bits per heavy atom. The quantitative estimate of drug-likeness (QED) is 0.339. The van der Waals surface area contributed by atoms with E-state index in [-0.39, 0.29) is 22.1 Å². The molecule has 10 heteroatoms. The smallest absolute Gasteiger partial charge is 0.319 e. The maximum atomic E-state index is 12.8. The summed E-state index contributed by atoms with van der Waals surface area (Å²) in [6, 6.07) is 15.0. The maximum Gasteiger partial charge on any atom is 0.319 e. The number of ketones is 1. The standard InChI is InChI=1S/C24H20ClN3O5S/c1-13(29)15-4-3-5-17(10-15)27-19(30)12-34-23-18(11-26)20(14-6-8-16(25)9-7-14)21(22(31)28-23)24(32)33-2/h3-10,20-21H,12H2,1-2H3,(H,27,30)(H,28,31)/t20-,21+/m1/s1. The number of thioether (sulfide) groups is 1. The highest BCUT2D eigenvalue weighted by atomic mass is 35.5. The molecule has 0 saturated heterocycles. The van der Waals surface area contributed by atoms with Crippen molar-refractivity contribution in [3.05, 3.63) is 75.3 Å². The van der Waals surface area contributed by atoms with Gasteiger partial charge in [0.1, 0.15) is 5.92 Å². The van der Waals surface area contributed by atoms with E-state index in [2.05, 4.69) is 16.7 Å². The van der Waals surface area contributed by atoms with Crippen LogP contribution in [0.1, 0.15) is 28.8 Å². The molecule has 34 heavy (non-hydrogen) atoms. The molecule has 2 aromatic rings. The molecule has 1 heterocycles. The van der Waals surface area contributed by atoms with Crippen molar-refractivity contribution in [1.82, 2.24) is 5.32 Å². The molecule has 2 amide bonds. The van der Waals surface area contributed by atoms with E-state index in [0.717, 1.165) is 11.8 Å². The van der Waals surface area contributed by atoms with Crippen molar-refractivity contribution < 1.29 is 23.9 Å². The number of anilines is 1. The molecule has 8 nitrogen and oxygen atoms in total. The largest absolute Gasteiger partial charge is 0.468 e. The van der Waals surface area contributed by atoms with Gasteiger partial charge < -0.3 is 15.4 Å². The number of nitrogens with zero attached hydrogens (tertiary/aromatic N) is 1. The number of nitrogens with one attached hydrogen (secondary N) is 2. The van der Waals surface area contributed by atoms with Gasteiger partial charge in [-0.15, -0.1) is 0 Å². The molecule has 0 bridgehead atoms. The van der Waals surface area contributed by atoms with E-state index < -0.39 is 29.6 Å².